The number of anilines is 1. The highest BCUT2D eigenvalue weighted by Crippen LogP contribution is 2.25. The van der Waals surface area contributed by atoms with E-state index in [1.807, 2.05) is 11.4 Å². The van der Waals surface area contributed by atoms with Gasteiger partial charge in [-0.05, 0) is 36.2 Å². The second kappa shape index (κ2) is 8.53. The first kappa shape index (κ1) is 18.0. The van der Waals surface area contributed by atoms with Crippen molar-refractivity contribution in [2.24, 2.45) is 0 Å². The Bertz CT molecular complexity index is 885. The lowest BCUT2D eigenvalue weighted by Crippen LogP contribution is -2.13. The summed E-state index contributed by atoms with van der Waals surface area (Å²) in [7, 11) is 0. The molecule has 1 N–H and O–H groups in total. The Morgan fingerprint density at radius 3 is 2.77 bits per heavy atom. The molecule has 1 heterocycles. The number of nitrogens with zero attached hydrogens (tertiary/aromatic N) is 1. The van der Waals surface area contributed by atoms with E-state index in [0.717, 1.165) is 17.8 Å². The molecule has 4 nitrogen and oxygen atoms in total. The van der Waals surface area contributed by atoms with E-state index < -0.39 is 11.6 Å². The van der Waals surface area contributed by atoms with Gasteiger partial charge in [-0.3, -0.25) is 4.79 Å². The summed E-state index contributed by atoms with van der Waals surface area (Å²) < 4.78 is 31.9. The van der Waals surface area contributed by atoms with E-state index in [1.54, 1.807) is 23.7 Å². The van der Waals surface area contributed by atoms with Gasteiger partial charge in [0, 0.05) is 11.8 Å². The Hall–Kier alpha value is -2.80. The number of amides is 1. The van der Waals surface area contributed by atoms with Crippen molar-refractivity contribution in [3.8, 4) is 5.75 Å². The molecular formula is C19H16F2N2O2S. The molecule has 1 amide bonds. The van der Waals surface area contributed by atoms with E-state index in [0.29, 0.717) is 30.0 Å². The highest BCUT2D eigenvalue weighted by molar-refractivity contribution is 7.07. The van der Waals surface area contributed by atoms with Gasteiger partial charge in [0.15, 0.2) is 11.6 Å². The lowest BCUT2D eigenvalue weighted by molar-refractivity contribution is -0.116. The number of carbonyl (C=O) groups is 1. The van der Waals surface area contributed by atoms with Crippen LogP contribution in [0.25, 0.3) is 0 Å². The number of aromatic nitrogens is 1. The van der Waals surface area contributed by atoms with Crippen LogP contribution < -0.4 is 10.1 Å². The van der Waals surface area contributed by atoms with Gasteiger partial charge >= 0.3 is 0 Å². The maximum Gasteiger partial charge on any atom is 0.224 e. The third-order valence-electron chi connectivity index (χ3n) is 3.64. The van der Waals surface area contributed by atoms with Crippen LogP contribution in [-0.2, 0) is 17.8 Å². The number of halogens is 2. The maximum atomic E-state index is 13.2. The number of ether oxygens (including phenoxy) is 1. The number of para-hydroxylation sites is 2. The maximum absolute atomic E-state index is 13.2. The van der Waals surface area contributed by atoms with Crippen molar-refractivity contribution in [1.29, 1.82) is 0 Å². The number of nitrogens with one attached hydrogen (secondary N) is 1. The van der Waals surface area contributed by atoms with Gasteiger partial charge in [0.05, 0.1) is 16.9 Å². The molecule has 0 atom stereocenters. The molecule has 0 fully saturated rings. The molecule has 0 aliphatic heterocycles. The lowest BCUT2D eigenvalue weighted by atomic mass is 10.1. The Morgan fingerprint density at radius 2 is 2.00 bits per heavy atom. The summed E-state index contributed by atoms with van der Waals surface area (Å²) in [5.41, 5.74) is 3.66. The molecule has 0 radical (unpaired) electrons. The summed E-state index contributed by atoms with van der Waals surface area (Å²) in [6, 6.07) is 10.7. The van der Waals surface area contributed by atoms with E-state index in [2.05, 4.69) is 10.3 Å². The normalized spacial score (nSPS) is 10.5. The van der Waals surface area contributed by atoms with Gasteiger partial charge in [0.2, 0.25) is 5.91 Å². The number of benzene rings is 2. The van der Waals surface area contributed by atoms with E-state index in [4.69, 9.17) is 4.74 Å². The van der Waals surface area contributed by atoms with Crippen molar-refractivity contribution in [2.75, 3.05) is 5.32 Å². The van der Waals surface area contributed by atoms with Crippen LogP contribution in [-0.4, -0.2) is 10.9 Å². The smallest absolute Gasteiger partial charge is 0.224 e. The summed E-state index contributed by atoms with van der Waals surface area (Å²) in [4.78, 5) is 16.3. The van der Waals surface area contributed by atoms with Crippen molar-refractivity contribution in [3.05, 3.63) is 76.2 Å². The van der Waals surface area contributed by atoms with Crippen LogP contribution in [0.4, 0.5) is 14.5 Å². The van der Waals surface area contributed by atoms with E-state index in [1.165, 1.54) is 17.4 Å². The van der Waals surface area contributed by atoms with Crippen LogP contribution in [0.5, 0.6) is 5.75 Å². The molecule has 0 bridgehead atoms. The molecule has 0 aliphatic carbocycles. The van der Waals surface area contributed by atoms with E-state index in [9.17, 15) is 13.6 Å². The summed E-state index contributed by atoms with van der Waals surface area (Å²) in [6.45, 7) is 0.311. The fraction of sp³-hybridized carbons (Fsp3) is 0.158. The molecular weight excluding hydrogens is 358 g/mol. The summed E-state index contributed by atoms with van der Waals surface area (Å²) >= 11 is 1.48. The third-order valence-corrected chi connectivity index (χ3v) is 4.28. The van der Waals surface area contributed by atoms with Crippen LogP contribution in [0.3, 0.4) is 0 Å². The summed E-state index contributed by atoms with van der Waals surface area (Å²) in [5.74, 6) is -1.51. The highest BCUT2D eigenvalue weighted by atomic mass is 32.1. The zero-order valence-electron chi connectivity index (χ0n) is 13.7. The SMILES string of the molecule is O=C(CCc1ccc(F)c(F)c1)Nc1ccccc1OCc1cscn1. The Balaban J connectivity index is 1.57. The molecule has 134 valence electrons. The van der Waals surface area contributed by atoms with Crippen LogP contribution >= 0.6 is 11.3 Å². The van der Waals surface area contributed by atoms with Gasteiger partial charge in [0.25, 0.3) is 0 Å². The largest absolute Gasteiger partial charge is 0.485 e. The second-order valence-electron chi connectivity index (χ2n) is 5.56. The highest BCUT2D eigenvalue weighted by Gasteiger charge is 2.10. The molecule has 2 aromatic carbocycles. The minimum atomic E-state index is -0.913. The number of aryl methyl sites for hydroxylation is 1. The van der Waals surface area contributed by atoms with Gasteiger partial charge in [-0.15, -0.1) is 11.3 Å². The van der Waals surface area contributed by atoms with E-state index in [-0.39, 0.29) is 12.3 Å². The standard InChI is InChI=1S/C19H16F2N2O2S/c20-15-7-5-13(9-16(15)21)6-8-19(24)23-17-3-1-2-4-18(17)25-10-14-11-26-12-22-14/h1-5,7,9,11-12H,6,8,10H2,(H,23,24). The average Bonchev–Trinajstić information content (AvgIpc) is 3.15. The van der Waals surface area contributed by atoms with Crippen molar-refractivity contribution in [3.63, 3.8) is 0 Å². The first-order valence-electron chi connectivity index (χ1n) is 7.94. The summed E-state index contributed by atoms with van der Waals surface area (Å²) in [6.07, 6.45) is 0.455. The number of hydrogen-bond donors (Lipinski definition) is 1. The van der Waals surface area contributed by atoms with Crippen LogP contribution in [0.2, 0.25) is 0 Å². The number of hydrogen-bond acceptors (Lipinski definition) is 4. The number of rotatable bonds is 7. The number of carbonyl (C=O) groups excluding carboxylic acids is 1. The first-order chi connectivity index (χ1) is 12.6. The predicted molar refractivity (Wildman–Crippen MR) is 96.2 cm³/mol. The first-order valence-corrected chi connectivity index (χ1v) is 8.89. The molecule has 3 aromatic rings. The average molecular weight is 374 g/mol. The fourth-order valence-electron chi connectivity index (χ4n) is 2.32. The molecule has 1 aromatic heterocycles. The Labute approximate surface area is 153 Å². The molecule has 0 spiro atoms. The quantitative estimate of drug-likeness (QED) is 0.659. The minimum absolute atomic E-state index is 0.144. The van der Waals surface area contributed by atoms with Crippen molar-refractivity contribution >= 4 is 22.9 Å². The lowest BCUT2D eigenvalue weighted by Gasteiger charge is -2.12. The molecule has 26 heavy (non-hydrogen) atoms. The van der Waals surface area contributed by atoms with Gasteiger partial charge < -0.3 is 10.1 Å². The number of thiazole rings is 1. The van der Waals surface area contributed by atoms with E-state index >= 15 is 0 Å². The Kier molecular flexibility index (Phi) is 5.91. The van der Waals surface area contributed by atoms with Crippen molar-refractivity contribution in [1.82, 2.24) is 4.98 Å². The van der Waals surface area contributed by atoms with Crippen LogP contribution in [0.15, 0.2) is 53.4 Å². The molecule has 0 aliphatic rings. The Morgan fingerprint density at radius 1 is 1.15 bits per heavy atom. The zero-order chi connectivity index (χ0) is 18.4. The topological polar surface area (TPSA) is 51.2 Å². The molecule has 0 saturated heterocycles. The molecule has 0 unspecified atom stereocenters. The van der Waals surface area contributed by atoms with Crippen LogP contribution in [0, 0.1) is 11.6 Å². The van der Waals surface area contributed by atoms with Crippen LogP contribution in [0.1, 0.15) is 17.7 Å². The fourth-order valence-corrected chi connectivity index (χ4v) is 2.87. The predicted octanol–water partition coefficient (Wildman–Crippen LogP) is 4.57. The van der Waals surface area contributed by atoms with Crippen molar-refractivity contribution in [2.45, 2.75) is 19.4 Å². The zero-order valence-corrected chi connectivity index (χ0v) is 14.6. The van der Waals surface area contributed by atoms with Gasteiger partial charge in [0.1, 0.15) is 12.4 Å². The molecule has 0 saturated carbocycles. The third kappa shape index (κ3) is 4.86. The van der Waals surface area contributed by atoms with Gasteiger partial charge in [-0.1, -0.05) is 18.2 Å². The van der Waals surface area contributed by atoms with Gasteiger partial charge in [-0.2, -0.15) is 0 Å². The molecule has 7 heteroatoms. The monoisotopic (exact) mass is 374 g/mol. The van der Waals surface area contributed by atoms with Crippen molar-refractivity contribution < 1.29 is 18.3 Å². The second-order valence-corrected chi connectivity index (χ2v) is 6.28. The minimum Gasteiger partial charge on any atom is -0.485 e. The molecule has 3 rings (SSSR count). The summed E-state index contributed by atoms with van der Waals surface area (Å²) in [5, 5.41) is 4.68. The van der Waals surface area contributed by atoms with Gasteiger partial charge in [-0.25, -0.2) is 13.8 Å².